The second kappa shape index (κ2) is 7.80. The van der Waals surface area contributed by atoms with Crippen molar-refractivity contribution in [2.75, 3.05) is 30.8 Å². The number of aromatic nitrogens is 2. The smallest absolute Gasteiger partial charge is 0.225 e. The molecule has 1 unspecified atom stereocenters. The molecule has 2 aliphatic rings. The molecular formula is C20H26ClN5. The lowest BCUT2D eigenvalue weighted by Gasteiger charge is -2.33. The molecular weight excluding hydrogens is 346 g/mol. The molecule has 0 amide bonds. The van der Waals surface area contributed by atoms with Gasteiger partial charge in [0.2, 0.25) is 5.95 Å². The summed E-state index contributed by atoms with van der Waals surface area (Å²) < 4.78 is 0. The van der Waals surface area contributed by atoms with Crippen molar-refractivity contribution in [3.8, 4) is 0 Å². The molecule has 1 aromatic carbocycles. The number of halogens is 1. The summed E-state index contributed by atoms with van der Waals surface area (Å²) in [6.45, 7) is 3.10. The van der Waals surface area contributed by atoms with E-state index < -0.39 is 0 Å². The maximum absolute atomic E-state index is 5.99. The van der Waals surface area contributed by atoms with Crippen LogP contribution >= 0.6 is 11.6 Å². The third kappa shape index (κ3) is 3.94. The van der Waals surface area contributed by atoms with E-state index in [2.05, 4.69) is 27.7 Å². The molecule has 1 atom stereocenters. The Kier molecular flexibility index (Phi) is 5.27. The van der Waals surface area contributed by atoms with Crippen molar-refractivity contribution in [2.45, 2.75) is 44.7 Å². The lowest BCUT2D eigenvalue weighted by Crippen LogP contribution is -2.42. The molecule has 0 spiro atoms. The van der Waals surface area contributed by atoms with Crippen molar-refractivity contribution in [3.05, 3.63) is 46.1 Å². The Morgan fingerprint density at radius 3 is 2.81 bits per heavy atom. The molecule has 2 N–H and O–H groups in total. The Hall–Kier alpha value is -1.85. The number of piperidine rings is 1. The first-order valence-corrected chi connectivity index (χ1v) is 9.90. The molecule has 1 aliphatic heterocycles. The van der Waals surface area contributed by atoms with Crippen LogP contribution in [0.5, 0.6) is 0 Å². The summed E-state index contributed by atoms with van der Waals surface area (Å²) in [4.78, 5) is 12.0. The molecule has 0 radical (unpaired) electrons. The molecule has 0 saturated carbocycles. The van der Waals surface area contributed by atoms with Crippen molar-refractivity contribution < 1.29 is 0 Å². The monoisotopic (exact) mass is 371 g/mol. The van der Waals surface area contributed by atoms with Crippen molar-refractivity contribution in [1.29, 1.82) is 0 Å². The van der Waals surface area contributed by atoms with E-state index in [0.29, 0.717) is 6.04 Å². The van der Waals surface area contributed by atoms with Crippen LogP contribution in [0.2, 0.25) is 5.02 Å². The molecule has 1 aliphatic carbocycles. The number of likely N-dealkylation sites (tertiary alicyclic amines) is 1. The minimum atomic E-state index is 0.389. The van der Waals surface area contributed by atoms with Gasteiger partial charge in [0.25, 0.3) is 0 Å². The topological polar surface area (TPSA) is 53.1 Å². The average molecular weight is 372 g/mol. The van der Waals surface area contributed by atoms with Crippen LogP contribution in [0.4, 0.5) is 11.8 Å². The van der Waals surface area contributed by atoms with Crippen LogP contribution in [0.1, 0.15) is 36.1 Å². The lowest BCUT2D eigenvalue weighted by molar-refractivity contribution is 0.208. The highest BCUT2D eigenvalue weighted by Crippen LogP contribution is 2.27. The molecule has 2 aromatic rings. The minimum Gasteiger partial charge on any atom is -0.373 e. The predicted molar refractivity (Wildman–Crippen MR) is 107 cm³/mol. The standard InChI is InChI=1S/C20H26ClN5/c1-22-19-17-5-2-6-18(17)24-20(25-19)23-16-4-3-11-26(13-16)12-14-7-9-15(21)10-8-14/h7-10,16H,2-6,11-13H2,1H3,(H2,22,23,24,25). The van der Waals surface area contributed by atoms with Crippen LogP contribution in [-0.2, 0) is 19.4 Å². The first-order chi connectivity index (χ1) is 12.7. The van der Waals surface area contributed by atoms with Gasteiger partial charge in [0.1, 0.15) is 5.82 Å². The predicted octanol–water partition coefficient (Wildman–Crippen LogP) is 3.74. The first-order valence-electron chi connectivity index (χ1n) is 9.52. The third-order valence-electron chi connectivity index (χ3n) is 5.33. The normalized spacial score (nSPS) is 20.0. The van der Waals surface area contributed by atoms with Gasteiger partial charge in [-0.25, -0.2) is 4.98 Å². The van der Waals surface area contributed by atoms with E-state index >= 15 is 0 Å². The summed E-state index contributed by atoms with van der Waals surface area (Å²) in [6.07, 6.45) is 5.68. The Labute approximate surface area is 160 Å². The van der Waals surface area contributed by atoms with E-state index in [-0.39, 0.29) is 0 Å². The number of anilines is 2. The highest BCUT2D eigenvalue weighted by Gasteiger charge is 2.23. The van der Waals surface area contributed by atoms with Crippen LogP contribution < -0.4 is 10.6 Å². The van der Waals surface area contributed by atoms with Crippen LogP contribution in [0.3, 0.4) is 0 Å². The van der Waals surface area contributed by atoms with Gasteiger partial charge in [0, 0.05) is 36.8 Å². The van der Waals surface area contributed by atoms with Gasteiger partial charge < -0.3 is 10.6 Å². The van der Waals surface area contributed by atoms with E-state index in [4.69, 9.17) is 21.6 Å². The van der Waals surface area contributed by atoms with Gasteiger partial charge in [0.15, 0.2) is 0 Å². The van der Waals surface area contributed by atoms with Gasteiger partial charge in [-0.05, 0) is 56.3 Å². The van der Waals surface area contributed by atoms with Crippen LogP contribution in [0.25, 0.3) is 0 Å². The molecule has 6 heteroatoms. The molecule has 0 bridgehead atoms. The molecule has 4 rings (SSSR count). The maximum Gasteiger partial charge on any atom is 0.225 e. The molecule has 5 nitrogen and oxygen atoms in total. The van der Waals surface area contributed by atoms with Gasteiger partial charge in [-0.2, -0.15) is 4.98 Å². The fraction of sp³-hybridized carbons (Fsp3) is 0.500. The Morgan fingerprint density at radius 2 is 2.00 bits per heavy atom. The zero-order valence-corrected chi connectivity index (χ0v) is 16.0. The molecule has 2 heterocycles. The number of rotatable bonds is 5. The van der Waals surface area contributed by atoms with E-state index in [1.54, 1.807) is 0 Å². The zero-order chi connectivity index (χ0) is 17.9. The number of hydrogen-bond donors (Lipinski definition) is 2. The van der Waals surface area contributed by atoms with E-state index in [1.807, 2.05) is 19.2 Å². The van der Waals surface area contributed by atoms with Crippen LogP contribution in [-0.4, -0.2) is 41.0 Å². The summed E-state index contributed by atoms with van der Waals surface area (Å²) >= 11 is 5.99. The quantitative estimate of drug-likeness (QED) is 0.838. The Balaban J connectivity index is 1.41. The number of hydrogen-bond acceptors (Lipinski definition) is 5. The number of nitrogens with zero attached hydrogens (tertiary/aromatic N) is 3. The molecule has 1 aromatic heterocycles. The highest BCUT2D eigenvalue weighted by atomic mass is 35.5. The van der Waals surface area contributed by atoms with Gasteiger partial charge in [-0.3, -0.25) is 4.90 Å². The summed E-state index contributed by atoms with van der Waals surface area (Å²) in [7, 11) is 1.94. The van der Waals surface area contributed by atoms with Crippen LogP contribution in [0, 0.1) is 0 Å². The Bertz CT molecular complexity index is 762. The van der Waals surface area contributed by atoms with Gasteiger partial charge >= 0.3 is 0 Å². The minimum absolute atomic E-state index is 0.389. The first kappa shape index (κ1) is 17.6. The van der Waals surface area contributed by atoms with Crippen molar-refractivity contribution >= 4 is 23.4 Å². The third-order valence-corrected chi connectivity index (χ3v) is 5.58. The zero-order valence-electron chi connectivity index (χ0n) is 15.3. The fourth-order valence-electron chi connectivity index (χ4n) is 4.05. The lowest BCUT2D eigenvalue weighted by atomic mass is 10.0. The van der Waals surface area contributed by atoms with Crippen molar-refractivity contribution in [3.63, 3.8) is 0 Å². The number of nitrogens with one attached hydrogen (secondary N) is 2. The Morgan fingerprint density at radius 1 is 1.15 bits per heavy atom. The molecule has 138 valence electrons. The molecule has 26 heavy (non-hydrogen) atoms. The van der Waals surface area contributed by atoms with Gasteiger partial charge in [0.05, 0.1) is 5.69 Å². The van der Waals surface area contributed by atoms with Gasteiger partial charge in [-0.1, -0.05) is 23.7 Å². The van der Waals surface area contributed by atoms with E-state index in [0.717, 1.165) is 55.7 Å². The molecule has 1 fully saturated rings. The largest absolute Gasteiger partial charge is 0.373 e. The van der Waals surface area contributed by atoms with Crippen molar-refractivity contribution in [1.82, 2.24) is 14.9 Å². The summed E-state index contributed by atoms with van der Waals surface area (Å²) in [5.41, 5.74) is 3.81. The van der Waals surface area contributed by atoms with Gasteiger partial charge in [-0.15, -0.1) is 0 Å². The van der Waals surface area contributed by atoms with E-state index in [1.165, 1.54) is 29.7 Å². The van der Waals surface area contributed by atoms with E-state index in [9.17, 15) is 0 Å². The second-order valence-electron chi connectivity index (χ2n) is 7.27. The second-order valence-corrected chi connectivity index (χ2v) is 7.71. The number of benzene rings is 1. The highest BCUT2D eigenvalue weighted by molar-refractivity contribution is 6.30. The summed E-state index contributed by atoms with van der Waals surface area (Å²) in [5, 5.41) is 7.62. The number of aryl methyl sites for hydroxylation is 1. The molecule has 1 saturated heterocycles. The summed E-state index contributed by atoms with van der Waals surface area (Å²) in [5.74, 6) is 1.76. The summed E-state index contributed by atoms with van der Waals surface area (Å²) in [6, 6.07) is 8.55. The SMILES string of the molecule is CNc1nc(NC2CCCN(Cc3ccc(Cl)cc3)C2)nc2c1CCC2. The van der Waals surface area contributed by atoms with Crippen LogP contribution in [0.15, 0.2) is 24.3 Å². The fourth-order valence-corrected chi connectivity index (χ4v) is 4.18. The maximum atomic E-state index is 5.99. The average Bonchev–Trinajstić information content (AvgIpc) is 3.12. The van der Waals surface area contributed by atoms with Crippen molar-refractivity contribution in [2.24, 2.45) is 0 Å². The number of fused-ring (bicyclic) bond motifs is 1.